The van der Waals surface area contributed by atoms with E-state index in [1.807, 2.05) is 19.1 Å². The van der Waals surface area contributed by atoms with Gasteiger partial charge in [-0.2, -0.15) is 0 Å². The van der Waals surface area contributed by atoms with Gasteiger partial charge in [0.2, 0.25) is 0 Å². The third-order valence-electron chi connectivity index (χ3n) is 2.70. The summed E-state index contributed by atoms with van der Waals surface area (Å²) in [4.78, 5) is 2.26. The smallest absolute Gasteiger partial charge is 0.0455 e. The van der Waals surface area contributed by atoms with Crippen LogP contribution in [0.3, 0.4) is 0 Å². The maximum Gasteiger partial charge on any atom is 0.0455 e. The zero-order valence-electron chi connectivity index (χ0n) is 9.63. The molecule has 0 heterocycles. The highest BCUT2D eigenvalue weighted by atomic mass is 35.5. The molecule has 0 amide bonds. The Hall–Kier alpha value is -0.730. The van der Waals surface area contributed by atoms with E-state index in [1.165, 1.54) is 0 Å². The molecule has 0 aliphatic carbocycles. The summed E-state index contributed by atoms with van der Waals surface area (Å²) in [7, 11) is 0. The normalized spacial score (nSPS) is 12.6. The predicted molar refractivity (Wildman–Crippen MR) is 67.7 cm³/mol. The van der Waals surface area contributed by atoms with Crippen molar-refractivity contribution in [2.45, 2.75) is 26.8 Å². The molecule has 0 fully saturated rings. The van der Waals surface area contributed by atoms with E-state index in [-0.39, 0.29) is 0 Å². The topological polar surface area (TPSA) is 29.3 Å². The lowest BCUT2D eigenvalue weighted by molar-refractivity contribution is 0.657. The van der Waals surface area contributed by atoms with Crippen molar-refractivity contribution in [2.75, 3.05) is 18.0 Å². The van der Waals surface area contributed by atoms with Crippen LogP contribution in [-0.2, 0) is 0 Å². The summed E-state index contributed by atoms with van der Waals surface area (Å²) in [6.45, 7) is 7.85. The van der Waals surface area contributed by atoms with Crippen LogP contribution in [0.1, 0.15) is 19.4 Å². The fraction of sp³-hybridized carbons (Fsp3) is 0.500. The van der Waals surface area contributed by atoms with Crippen LogP contribution in [0, 0.1) is 6.92 Å². The van der Waals surface area contributed by atoms with E-state index in [0.29, 0.717) is 12.6 Å². The minimum atomic E-state index is 0.341. The first-order chi connectivity index (χ1) is 7.10. The van der Waals surface area contributed by atoms with Crippen LogP contribution in [0.15, 0.2) is 18.2 Å². The van der Waals surface area contributed by atoms with Gasteiger partial charge in [-0.25, -0.2) is 0 Å². The van der Waals surface area contributed by atoms with Crippen molar-refractivity contribution in [3.05, 3.63) is 28.8 Å². The lowest BCUT2D eigenvalue weighted by Gasteiger charge is -2.29. The molecule has 2 nitrogen and oxygen atoms in total. The molecular formula is C12H19ClN2. The van der Waals surface area contributed by atoms with Gasteiger partial charge in [-0.15, -0.1) is 0 Å². The van der Waals surface area contributed by atoms with Gasteiger partial charge in [-0.05, 0) is 38.5 Å². The molecule has 0 bridgehead atoms. The molecule has 1 aromatic rings. The molecule has 0 spiro atoms. The van der Waals surface area contributed by atoms with Gasteiger partial charge < -0.3 is 10.6 Å². The highest BCUT2D eigenvalue weighted by molar-refractivity contribution is 6.31. The van der Waals surface area contributed by atoms with E-state index < -0.39 is 0 Å². The highest BCUT2D eigenvalue weighted by Gasteiger charge is 2.11. The van der Waals surface area contributed by atoms with Gasteiger partial charge in [-0.1, -0.05) is 17.7 Å². The third-order valence-corrected chi connectivity index (χ3v) is 3.11. The second-order valence-electron chi connectivity index (χ2n) is 3.80. The molecule has 1 aromatic carbocycles. The minimum Gasteiger partial charge on any atom is -0.368 e. The molecule has 0 saturated carbocycles. The molecule has 0 aliphatic rings. The zero-order valence-corrected chi connectivity index (χ0v) is 10.4. The Kier molecular flexibility index (Phi) is 4.43. The molecule has 0 aliphatic heterocycles. The Labute approximate surface area is 97.0 Å². The van der Waals surface area contributed by atoms with Crippen LogP contribution in [0.25, 0.3) is 0 Å². The number of halogens is 1. The molecular weight excluding hydrogens is 208 g/mol. The number of likely N-dealkylation sites (N-methyl/N-ethyl adjacent to an activating group) is 1. The van der Waals surface area contributed by atoms with E-state index in [9.17, 15) is 0 Å². The van der Waals surface area contributed by atoms with Crippen LogP contribution < -0.4 is 10.6 Å². The molecule has 2 N–H and O–H groups in total. The molecule has 0 radical (unpaired) electrons. The lowest BCUT2D eigenvalue weighted by atomic mass is 10.2. The van der Waals surface area contributed by atoms with Gasteiger partial charge in [-0.3, -0.25) is 0 Å². The fourth-order valence-electron chi connectivity index (χ4n) is 1.64. The lowest BCUT2D eigenvalue weighted by Crippen LogP contribution is -2.38. The van der Waals surface area contributed by atoms with Crippen LogP contribution in [0.5, 0.6) is 0 Å². The number of aryl methyl sites for hydroxylation is 1. The van der Waals surface area contributed by atoms with Gasteiger partial charge in [0.15, 0.2) is 0 Å². The van der Waals surface area contributed by atoms with Crippen molar-refractivity contribution in [1.29, 1.82) is 0 Å². The summed E-state index contributed by atoms with van der Waals surface area (Å²) in [5.74, 6) is 0. The van der Waals surface area contributed by atoms with Crippen molar-refractivity contribution >= 4 is 17.3 Å². The third kappa shape index (κ3) is 2.86. The van der Waals surface area contributed by atoms with Crippen molar-refractivity contribution in [3.8, 4) is 0 Å². The maximum absolute atomic E-state index is 6.10. The Morgan fingerprint density at radius 2 is 2.13 bits per heavy atom. The van der Waals surface area contributed by atoms with Gasteiger partial charge in [0.05, 0.1) is 0 Å². The number of hydrogen-bond acceptors (Lipinski definition) is 2. The van der Waals surface area contributed by atoms with Crippen LogP contribution in [0.2, 0.25) is 5.02 Å². The number of anilines is 1. The van der Waals surface area contributed by atoms with Crippen LogP contribution in [0.4, 0.5) is 5.69 Å². The van der Waals surface area contributed by atoms with E-state index in [1.54, 1.807) is 0 Å². The average Bonchev–Trinajstić information content (AvgIpc) is 2.24. The number of rotatable bonds is 4. The first-order valence-corrected chi connectivity index (χ1v) is 5.70. The molecule has 0 saturated heterocycles. The molecule has 15 heavy (non-hydrogen) atoms. The molecule has 1 rings (SSSR count). The van der Waals surface area contributed by atoms with Gasteiger partial charge in [0.1, 0.15) is 0 Å². The van der Waals surface area contributed by atoms with Crippen LogP contribution in [-0.4, -0.2) is 19.1 Å². The largest absolute Gasteiger partial charge is 0.368 e. The summed E-state index contributed by atoms with van der Waals surface area (Å²) in [5, 5.41) is 0.815. The minimum absolute atomic E-state index is 0.341. The molecule has 3 heteroatoms. The monoisotopic (exact) mass is 226 g/mol. The first kappa shape index (κ1) is 12.3. The predicted octanol–water partition coefficient (Wildman–Crippen LogP) is 2.82. The maximum atomic E-state index is 6.10. The molecule has 1 atom stereocenters. The van der Waals surface area contributed by atoms with E-state index in [0.717, 1.165) is 22.8 Å². The zero-order chi connectivity index (χ0) is 11.4. The average molecular weight is 227 g/mol. The summed E-state index contributed by atoms with van der Waals surface area (Å²) in [5.41, 5.74) is 7.93. The fourth-order valence-corrected chi connectivity index (χ4v) is 1.81. The van der Waals surface area contributed by atoms with Gasteiger partial charge in [0, 0.05) is 29.8 Å². The Morgan fingerprint density at radius 1 is 1.47 bits per heavy atom. The molecule has 1 unspecified atom stereocenters. The quantitative estimate of drug-likeness (QED) is 0.856. The Morgan fingerprint density at radius 3 is 2.60 bits per heavy atom. The number of hydrogen-bond donors (Lipinski definition) is 1. The van der Waals surface area contributed by atoms with Crippen molar-refractivity contribution in [2.24, 2.45) is 5.73 Å². The van der Waals surface area contributed by atoms with Crippen molar-refractivity contribution in [3.63, 3.8) is 0 Å². The van der Waals surface area contributed by atoms with Crippen molar-refractivity contribution < 1.29 is 0 Å². The highest BCUT2D eigenvalue weighted by Crippen LogP contribution is 2.24. The number of benzene rings is 1. The van der Waals surface area contributed by atoms with Gasteiger partial charge in [0.25, 0.3) is 0 Å². The summed E-state index contributed by atoms with van der Waals surface area (Å²) in [6, 6.07) is 6.49. The van der Waals surface area contributed by atoms with Crippen molar-refractivity contribution in [1.82, 2.24) is 0 Å². The summed E-state index contributed by atoms with van der Waals surface area (Å²) < 4.78 is 0. The van der Waals surface area contributed by atoms with Gasteiger partial charge >= 0.3 is 0 Å². The number of nitrogens with zero attached hydrogens (tertiary/aromatic N) is 1. The SMILES string of the molecule is CCN(c1ccc(C)c(Cl)c1)C(C)CN. The Bertz CT molecular complexity index is 325. The standard InChI is InChI=1S/C12H19ClN2/c1-4-15(10(3)8-14)11-6-5-9(2)12(13)7-11/h5-7,10H,4,8,14H2,1-3H3. The second kappa shape index (κ2) is 5.38. The number of nitrogens with two attached hydrogens (primary N) is 1. The first-order valence-electron chi connectivity index (χ1n) is 5.33. The molecule has 84 valence electrons. The summed E-state index contributed by atoms with van der Waals surface area (Å²) >= 11 is 6.10. The second-order valence-corrected chi connectivity index (χ2v) is 4.21. The van der Waals surface area contributed by atoms with E-state index in [2.05, 4.69) is 24.8 Å². The van der Waals surface area contributed by atoms with E-state index >= 15 is 0 Å². The Balaban J connectivity index is 2.97. The van der Waals surface area contributed by atoms with E-state index in [4.69, 9.17) is 17.3 Å². The molecule has 0 aromatic heterocycles. The summed E-state index contributed by atoms with van der Waals surface area (Å²) in [6.07, 6.45) is 0. The van der Waals surface area contributed by atoms with Crippen LogP contribution >= 0.6 is 11.6 Å².